The molecule has 2 N–H and O–H groups in total. The highest BCUT2D eigenvalue weighted by molar-refractivity contribution is 5.90. The number of rotatable bonds is 8. The first kappa shape index (κ1) is 17.1. The van der Waals surface area contributed by atoms with Gasteiger partial charge in [0.25, 0.3) is 0 Å². The maximum Gasteiger partial charge on any atom is 0.235 e. The van der Waals surface area contributed by atoms with Crippen LogP contribution in [0, 0.1) is 0 Å². The number of para-hydroxylation sites is 1. The molecule has 0 saturated heterocycles. The predicted molar refractivity (Wildman–Crippen MR) is 89.4 cm³/mol. The molecule has 6 nitrogen and oxygen atoms in total. The summed E-state index contributed by atoms with van der Waals surface area (Å²) in [5, 5.41) is 21.2. The topological polar surface area (TPSA) is 80.0 Å². The normalized spacial score (nSPS) is 11.4. The standard InChI is InChI=1S/C17H24N4O2/c1-3-10-17(23,11-4-2)12-15(22)19-16-20-18-13-21(16)14-8-6-5-7-9-14/h5-9,13,23H,3-4,10-12H2,1-2H3,(H,19,20,22). The van der Waals surface area contributed by atoms with E-state index in [4.69, 9.17) is 0 Å². The molecule has 0 aliphatic rings. The Morgan fingerprint density at radius 2 is 1.87 bits per heavy atom. The van der Waals surface area contributed by atoms with Crippen molar-refractivity contribution in [1.82, 2.24) is 14.8 Å². The van der Waals surface area contributed by atoms with Gasteiger partial charge in [-0.3, -0.25) is 14.7 Å². The summed E-state index contributed by atoms with van der Waals surface area (Å²) in [6, 6.07) is 9.54. The fraction of sp³-hybridized carbons (Fsp3) is 0.471. The van der Waals surface area contributed by atoms with Crippen LogP contribution in [-0.2, 0) is 4.79 Å². The maximum absolute atomic E-state index is 12.3. The van der Waals surface area contributed by atoms with Gasteiger partial charge in [0.2, 0.25) is 11.9 Å². The lowest BCUT2D eigenvalue weighted by molar-refractivity contribution is -0.121. The summed E-state index contributed by atoms with van der Waals surface area (Å²) < 4.78 is 1.70. The largest absolute Gasteiger partial charge is 0.389 e. The molecule has 0 atom stereocenters. The second-order valence-electron chi connectivity index (χ2n) is 5.81. The molecule has 23 heavy (non-hydrogen) atoms. The van der Waals surface area contributed by atoms with E-state index in [1.807, 2.05) is 44.2 Å². The fourth-order valence-corrected chi connectivity index (χ4v) is 2.80. The van der Waals surface area contributed by atoms with Crippen LogP contribution in [0.15, 0.2) is 36.7 Å². The van der Waals surface area contributed by atoms with Crippen LogP contribution in [0.4, 0.5) is 5.95 Å². The SMILES string of the molecule is CCCC(O)(CCC)CC(=O)Nc1nncn1-c1ccccc1. The third-order valence-corrected chi connectivity index (χ3v) is 3.75. The van der Waals surface area contributed by atoms with E-state index in [0.29, 0.717) is 18.8 Å². The summed E-state index contributed by atoms with van der Waals surface area (Å²) in [5.74, 6) is 0.108. The Labute approximate surface area is 136 Å². The van der Waals surface area contributed by atoms with Crippen molar-refractivity contribution in [3.8, 4) is 5.69 Å². The van der Waals surface area contributed by atoms with Crippen LogP contribution in [0.3, 0.4) is 0 Å². The van der Waals surface area contributed by atoms with Gasteiger partial charge in [0.05, 0.1) is 17.7 Å². The Bertz CT molecular complexity index is 619. The molecule has 0 unspecified atom stereocenters. The van der Waals surface area contributed by atoms with E-state index in [2.05, 4.69) is 15.5 Å². The molecule has 0 aliphatic heterocycles. The number of benzene rings is 1. The summed E-state index contributed by atoms with van der Waals surface area (Å²) >= 11 is 0. The third-order valence-electron chi connectivity index (χ3n) is 3.75. The number of amides is 1. The molecule has 0 aliphatic carbocycles. The van der Waals surface area contributed by atoms with E-state index < -0.39 is 5.60 Å². The maximum atomic E-state index is 12.3. The molecule has 1 aromatic heterocycles. The van der Waals surface area contributed by atoms with Crippen molar-refractivity contribution >= 4 is 11.9 Å². The number of anilines is 1. The molecule has 0 fully saturated rings. The Balaban J connectivity index is 2.08. The summed E-state index contributed by atoms with van der Waals surface area (Å²) in [6.45, 7) is 4.01. The second kappa shape index (κ2) is 7.87. The monoisotopic (exact) mass is 316 g/mol. The number of aliphatic hydroxyl groups is 1. The molecule has 2 aromatic rings. The highest BCUT2D eigenvalue weighted by Gasteiger charge is 2.28. The number of hydrogen-bond acceptors (Lipinski definition) is 4. The smallest absolute Gasteiger partial charge is 0.235 e. The van der Waals surface area contributed by atoms with Crippen molar-refractivity contribution in [3.63, 3.8) is 0 Å². The van der Waals surface area contributed by atoms with Crippen molar-refractivity contribution in [1.29, 1.82) is 0 Å². The highest BCUT2D eigenvalue weighted by atomic mass is 16.3. The zero-order chi connectivity index (χ0) is 16.7. The van der Waals surface area contributed by atoms with E-state index in [1.165, 1.54) is 0 Å². The minimum absolute atomic E-state index is 0.0658. The van der Waals surface area contributed by atoms with Gasteiger partial charge in [0, 0.05) is 0 Å². The lowest BCUT2D eigenvalue weighted by Crippen LogP contribution is -2.34. The van der Waals surface area contributed by atoms with E-state index in [9.17, 15) is 9.90 Å². The molecule has 2 rings (SSSR count). The zero-order valence-corrected chi connectivity index (χ0v) is 13.7. The van der Waals surface area contributed by atoms with Gasteiger partial charge in [-0.25, -0.2) is 0 Å². The summed E-state index contributed by atoms with van der Waals surface area (Å²) in [6.07, 6.45) is 4.51. The Morgan fingerprint density at radius 1 is 1.22 bits per heavy atom. The van der Waals surface area contributed by atoms with Crippen LogP contribution < -0.4 is 5.32 Å². The first-order valence-electron chi connectivity index (χ1n) is 8.05. The van der Waals surface area contributed by atoms with Crippen molar-refractivity contribution < 1.29 is 9.90 Å². The van der Waals surface area contributed by atoms with Crippen LogP contribution in [0.25, 0.3) is 5.69 Å². The molecule has 0 spiro atoms. The Morgan fingerprint density at radius 3 is 2.48 bits per heavy atom. The van der Waals surface area contributed by atoms with Gasteiger partial charge < -0.3 is 5.11 Å². The number of carbonyl (C=O) groups is 1. The number of nitrogens with zero attached hydrogens (tertiary/aromatic N) is 3. The van der Waals surface area contributed by atoms with E-state index >= 15 is 0 Å². The minimum atomic E-state index is -0.953. The quantitative estimate of drug-likeness (QED) is 0.784. The van der Waals surface area contributed by atoms with Gasteiger partial charge in [0.1, 0.15) is 6.33 Å². The molecule has 0 bridgehead atoms. The predicted octanol–water partition coefficient (Wildman–Crippen LogP) is 2.93. The van der Waals surface area contributed by atoms with Crippen LogP contribution in [0.2, 0.25) is 0 Å². The van der Waals surface area contributed by atoms with Crippen LogP contribution in [0.1, 0.15) is 46.0 Å². The molecule has 6 heteroatoms. The van der Waals surface area contributed by atoms with E-state index in [0.717, 1.165) is 18.5 Å². The van der Waals surface area contributed by atoms with Crippen molar-refractivity contribution in [3.05, 3.63) is 36.7 Å². The van der Waals surface area contributed by atoms with Crippen molar-refractivity contribution in [2.45, 2.75) is 51.6 Å². The molecular weight excluding hydrogens is 292 g/mol. The van der Waals surface area contributed by atoms with Crippen molar-refractivity contribution in [2.24, 2.45) is 0 Å². The third kappa shape index (κ3) is 4.63. The van der Waals surface area contributed by atoms with Gasteiger partial charge in [0.15, 0.2) is 0 Å². The van der Waals surface area contributed by atoms with E-state index in [-0.39, 0.29) is 12.3 Å². The van der Waals surface area contributed by atoms with Gasteiger partial charge in [-0.05, 0) is 25.0 Å². The summed E-state index contributed by atoms with van der Waals surface area (Å²) in [7, 11) is 0. The van der Waals surface area contributed by atoms with Gasteiger partial charge in [-0.1, -0.05) is 44.9 Å². The minimum Gasteiger partial charge on any atom is -0.389 e. The summed E-state index contributed by atoms with van der Waals surface area (Å²) in [5.41, 5.74) is -0.0873. The molecular formula is C17H24N4O2. The van der Waals surface area contributed by atoms with Gasteiger partial charge in [-0.15, -0.1) is 10.2 Å². The second-order valence-corrected chi connectivity index (χ2v) is 5.81. The molecule has 0 radical (unpaired) electrons. The molecule has 1 heterocycles. The van der Waals surface area contributed by atoms with Crippen molar-refractivity contribution in [2.75, 3.05) is 5.32 Å². The molecule has 124 valence electrons. The zero-order valence-electron chi connectivity index (χ0n) is 13.7. The number of nitrogens with one attached hydrogen (secondary N) is 1. The average Bonchev–Trinajstić information content (AvgIpc) is 2.96. The van der Waals surface area contributed by atoms with E-state index in [1.54, 1.807) is 10.9 Å². The highest BCUT2D eigenvalue weighted by Crippen LogP contribution is 2.24. The summed E-state index contributed by atoms with van der Waals surface area (Å²) in [4.78, 5) is 12.3. The van der Waals surface area contributed by atoms with Crippen LogP contribution >= 0.6 is 0 Å². The Hall–Kier alpha value is -2.21. The fourth-order valence-electron chi connectivity index (χ4n) is 2.80. The first-order valence-corrected chi connectivity index (χ1v) is 8.05. The lowest BCUT2D eigenvalue weighted by Gasteiger charge is -2.26. The van der Waals surface area contributed by atoms with Crippen LogP contribution in [-0.4, -0.2) is 31.4 Å². The Kier molecular flexibility index (Phi) is 5.87. The lowest BCUT2D eigenvalue weighted by atomic mass is 9.89. The average molecular weight is 316 g/mol. The van der Waals surface area contributed by atoms with Gasteiger partial charge >= 0.3 is 0 Å². The first-order chi connectivity index (χ1) is 11.1. The molecule has 0 saturated carbocycles. The molecule has 1 amide bonds. The number of carbonyl (C=O) groups excluding carboxylic acids is 1. The van der Waals surface area contributed by atoms with Crippen LogP contribution in [0.5, 0.6) is 0 Å². The van der Waals surface area contributed by atoms with Gasteiger partial charge in [-0.2, -0.15) is 0 Å². The number of aromatic nitrogens is 3. The number of hydrogen-bond donors (Lipinski definition) is 2. The molecule has 1 aromatic carbocycles.